The molecule has 0 spiro atoms. The van der Waals surface area contributed by atoms with Crippen LogP contribution in [0.1, 0.15) is 34.3 Å². The van der Waals surface area contributed by atoms with Crippen LogP contribution in [0.4, 0.5) is 11.4 Å². The summed E-state index contributed by atoms with van der Waals surface area (Å²) in [4.78, 5) is 38.5. The second-order valence-corrected chi connectivity index (χ2v) is 7.80. The SMILES string of the molecule is Cc1ccc(NC(=O)CN2CCC(C(=O)Nc3ccccc3C(N)=O)CC2)cc1C. The smallest absolute Gasteiger partial charge is 0.250 e. The lowest BCUT2D eigenvalue weighted by Gasteiger charge is -2.30. The fourth-order valence-corrected chi connectivity index (χ4v) is 3.62. The highest BCUT2D eigenvalue weighted by molar-refractivity contribution is 6.03. The van der Waals surface area contributed by atoms with Gasteiger partial charge >= 0.3 is 0 Å². The number of benzene rings is 2. The highest BCUT2D eigenvalue weighted by Crippen LogP contribution is 2.21. The van der Waals surface area contributed by atoms with Crippen LogP contribution in [-0.2, 0) is 9.59 Å². The summed E-state index contributed by atoms with van der Waals surface area (Å²) in [5, 5.41) is 5.76. The molecule has 0 radical (unpaired) electrons. The second kappa shape index (κ2) is 9.54. The van der Waals surface area contributed by atoms with Crippen molar-refractivity contribution in [3.05, 3.63) is 59.2 Å². The molecule has 0 bridgehead atoms. The Hall–Kier alpha value is -3.19. The molecule has 0 saturated carbocycles. The number of rotatable bonds is 6. The highest BCUT2D eigenvalue weighted by atomic mass is 16.2. The van der Waals surface area contributed by atoms with Crippen molar-refractivity contribution in [2.24, 2.45) is 11.7 Å². The number of hydrogen-bond acceptors (Lipinski definition) is 4. The molecular formula is C23H28N4O3. The first kappa shape index (κ1) is 21.5. The minimum atomic E-state index is -0.574. The predicted molar refractivity (Wildman–Crippen MR) is 117 cm³/mol. The number of amides is 3. The van der Waals surface area contributed by atoms with Crippen molar-refractivity contribution in [2.75, 3.05) is 30.3 Å². The van der Waals surface area contributed by atoms with Crippen molar-refractivity contribution >= 4 is 29.1 Å². The average molecular weight is 409 g/mol. The molecule has 1 aliphatic rings. The molecule has 1 aliphatic heterocycles. The molecule has 3 rings (SSSR count). The zero-order valence-electron chi connectivity index (χ0n) is 17.4. The summed E-state index contributed by atoms with van der Waals surface area (Å²) in [7, 11) is 0. The standard InChI is InChI=1S/C23H28N4O3/c1-15-7-8-18(13-16(15)2)25-21(28)14-27-11-9-17(10-12-27)23(30)26-20-6-4-3-5-19(20)22(24)29/h3-8,13,17H,9-12,14H2,1-2H3,(H2,24,29)(H,25,28)(H,26,30). The number of nitrogens with one attached hydrogen (secondary N) is 2. The molecule has 158 valence electrons. The molecule has 1 saturated heterocycles. The molecule has 30 heavy (non-hydrogen) atoms. The fourth-order valence-electron chi connectivity index (χ4n) is 3.62. The molecule has 0 unspecified atom stereocenters. The van der Waals surface area contributed by atoms with E-state index in [1.54, 1.807) is 24.3 Å². The molecule has 0 aromatic heterocycles. The Morgan fingerprint density at radius 2 is 1.70 bits per heavy atom. The lowest BCUT2D eigenvalue weighted by molar-refractivity contribution is -0.121. The molecule has 0 aliphatic carbocycles. The molecule has 7 heteroatoms. The quantitative estimate of drug-likeness (QED) is 0.683. The monoisotopic (exact) mass is 408 g/mol. The van der Waals surface area contributed by atoms with Crippen molar-refractivity contribution in [2.45, 2.75) is 26.7 Å². The van der Waals surface area contributed by atoms with Gasteiger partial charge in [-0.05, 0) is 75.2 Å². The largest absolute Gasteiger partial charge is 0.366 e. The van der Waals surface area contributed by atoms with E-state index >= 15 is 0 Å². The van der Waals surface area contributed by atoms with Gasteiger partial charge in [0.05, 0.1) is 17.8 Å². The van der Waals surface area contributed by atoms with E-state index < -0.39 is 5.91 Å². The maximum Gasteiger partial charge on any atom is 0.250 e. The predicted octanol–water partition coefficient (Wildman–Crippen LogP) is 2.69. The molecule has 3 amide bonds. The van der Waals surface area contributed by atoms with Crippen molar-refractivity contribution in [1.82, 2.24) is 4.90 Å². The zero-order chi connectivity index (χ0) is 21.7. The first-order valence-electron chi connectivity index (χ1n) is 10.1. The van der Waals surface area contributed by atoms with Crippen LogP contribution in [-0.4, -0.2) is 42.3 Å². The number of primary amides is 1. The Morgan fingerprint density at radius 1 is 1.00 bits per heavy atom. The maximum absolute atomic E-state index is 12.6. The molecule has 7 nitrogen and oxygen atoms in total. The van der Waals surface area contributed by atoms with E-state index in [0.717, 1.165) is 11.3 Å². The molecule has 1 heterocycles. The van der Waals surface area contributed by atoms with Gasteiger partial charge in [-0.2, -0.15) is 0 Å². The number of nitrogens with two attached hydrogens (primary N) is 1. The summed E-state index contributed by atoms with van der Waals surface area (Å²) in [5.74, 6) is -0.917. The number of piperidine rings is 1. The van der Waals surface area contributed by atoms with Crippen LogP contribution < -0.4 is 16.4 Å². The van der Waals surface area contributed by atoms with E-state index in [1.165, 1.54) is 5.56 Å². The third-order valence-electron chi connectivity index (χ3n) is 5.57. The Balaban J connectivity index is 1.48. The van der Waals surface area contributed by atoms with E-state index in [-0.39, 0.29) is 17.7 Å². The third kappa shape index (κ3) is 5.45. The number of para-hydroxylation sites is 1. The van der Waals surface area contributed by atoms with E-state index in [0.29, 0.717) is 43.7 Å². The van der Waals surface area contributed by atoms with Crippen molar-refractivity contribution in [1.29, 1.82) is 0 Å². The average Bonchev–Trinajstić information content (AvgIpc) is 2.71. The van der Waals surface area contributed by atoms with Crippen molar-refractivity contribution in [3.63, 3.8) is 0 Å². The van der Waals surface area contributed by atoms with Crippen LogP contribution in [0.2, 0.25) is 0 Å². The molecule has 0 atom stereocenters. The number of aryl methyl sites for hydroxylation is 2. The van der Waals surface area contributed by atoms with E-state index in [9.17, 15) is 14.4 Å². The summed E-state index contributed by atoms with van der Waals surface area (Å²) < 4.78 is 0. The number of hydrogen-bond donors (Lipinski definition) is 3. The first-order valence-corrected chi connectivity index (χ1v) is 10.1. The Morgan fingerprint density at radius 3 is 2.37 bits per heavy atom. The summed E-state index contributed by atoms with van der Waals surface area (Å²) in [6, 6.07) is 12.6. The van der Waals surface area contributed by atoms with Gasteiger partial charge in [-0.15, -0.1) is 0 Å². The van der Waals surface area contributed by atoms with Crippen LogP contribution in [0.3, 0.4) is 0 Å². The fraction of sp³-hybridized carbons (Fsp3) is 0.348. The number of likely N-dealkylation sites (tertiary alicyclic amines) is 1. The van der Waals surface area contributed by atoms with E-state index in [1.807, 2.05) is 32.0 Å². The number of carbonyl (C=O) groups excluding carboxylic acids is 3. The normalized spacial score (nSPS) is 14.9. The van der Waals surface area contributed by atoms with Crippen LogP contribution in [0.5, 0.6) is 0 Å². The Bertz CT molecular complexity index is 949. The van der Waals surface area contributed by atoms with Gasteiger partial charge in [0, 0.05) is 11.6 Å². The molecular weight excluding hydrogens is 380 g/mol. The molecule has 2 aromatic rings. The Labute approximate surface area is 176 Å². The van der Waals surface area contributed by atoms with Crippen LogP contribution in [0.15, 0.2) is 42.5 Å². The molecule has 4 N–H and O–H groups in total. The first-order chi connectivity index (χ1) is 14.3. The van der Waals surface area contributed by atoms with Gasteiger partial charge in [0.2, 0.25) is 11.8 Å². The summed E-state index contributed by atoms with van der Waals surface area (Å²) in [6.07, 6.45) is 1.31. The number of carbonyl (C=O) groups is 3. The van der Waals surface area contributed by atoms with E-state index in [4.69, 9.17) is 5.73 Å². The number of anilines is 2. The third-order valence-corrected chi connectivity index (χ3v) is 5.57. The van der Waals surface area contributed by atoms with Crippen LogP contribution in [0.25, 0.3) is 0 Å². The van der Waals surface area contributed by atoms with Gasteiger partial charge < -0.3 is 16.4 Å². The van der Waals surface area contributed by atoms with Gasteiger partial charge in [0.15, 0.2) is 0 Å². The summed E-state index contributed by atoms with van der Waals surface area (Å²) in [6.45, 7) is 5.67. The second-order valence-electron chi connectivity index (χ2n) is 7.80. The lowest BCUT2D eigenvalue weighted by Crippen LogP contribution is -2.41. The summed E-state index contributed by atoms with van der Waals surface area (Å²) in [5.41, 5.74) is 9.22. The van der Waals surface area contributed by atoms with Crippen molar-refractivity contribution < 1.29 is 14.4 Å². The van der Waals surface area contributed by atoms with Gasteiger partial charge in [0.25, 0.3) is 5.91 Å². The highest BCUT2D eigenvalue weighted by Gasteiger charge is 2.26. The van der Waals surface area contributed by atoms with E-state index in [2.05, 4.69) is 15.5 Å². The van der Waals surface area contributed by atoms with Crippen LogP contribution in [0, 0.1) is 19.8 Å². The maximum atomic E-state index is 12.6. The van der Waals surface area contributed by atoms with Gasteiger partial charge in [0.1, 0.15) is 0 Å². The van der Waals surface area contributed by atoms with Gasteiger partial charge in [-0.1, -0.05) is 18.2 Å². The minimum absolute atomic E-state index is 0.0588. The minimum Gasteiger partial charge on any atom is -0.366 e. The lowest BCUT2D eigenvalue weighted by atomic mass is 9.95. The van der Waals surface area contributed by atoms with Crippen LogP contribution >= 0.6 is 0 Å². The topological polar surface area (TPSA) is 105 Å². The van der Waals surface area contributed by atoms with Crippen molar-refractivity contribution in [3.8, 4) is 0 Å². The van der Waals surface area contributed by atoms with Gasteiger partial charge in [-0.3, -0.25) is 19.3 Å². The molecule has 1 fully saturated rings. The zero-order valence-corrected chi connectivity index (χ0v) is 17.4. The Kier molecular flexibility index (Phi) is 6.84. The van der Waals surface area contributed by atoms with Gasteiger partial charge in [-0.25, -0.2) is 0 Å². The summed E-state index contributed by atoms with van der Waals surface area (Å²) >= 11 is 0. The molecule has 2 aromatic carbocycles. The number of nitrogens with zero attached hydrogens (tertiary/aromatic N) is 1.